The highest BCUT2D eigenvalue weighted by Crippen LogP contribution is 2.32. The lowest BCUT2D eigenvalue weighted by Gasteiger charge is -2.14. The number of aromatic nitrogens is 1. The smallest absolute Gasteiger partial charge is 0.253 e. The van der Waals surface area contributed by atoms with Crippen molar-refractivity contribution in [2.75, 3.05) is 21.2 Å². The summed E-state index contributed by atoms with van der Waals surface area (Å²) in [6.45, 7) is 6.78. The number of rotatable bonds is 5. The van der Waals surface area contributed by atoms with Crippen LogP contribution in [0.2, 0.25) is 0 Å². The average molecular weight is 427 g/mol. The van der Waals surface area contributed by atoms with E-state index in [2.05, 4.69) is 52.2 Å². The summed E-state index contributed by atoms with van der Waals surface area (Å²) in [5.74, 6) is 0.621. The van der Waals surface area contributed by atoms with E-state index in [4.69, 9.17) is 4.74 Å². The highest BCUT2D eigenvalue weighted by Gasteiger charge is 2.15. The maximum Gasteiger partial charge on any atom is 0.253 e. The van der Waals surface area contributed by atoms with Crippen LogP contribution in [0.5, 0.6) is 0 Å². The fourth-order valence-corrected chi connectivity index (χ4v) is 3.82. The van der Waals surface area contributed by atoms with Gasteiger partial charge in [0.2, 0.25) is 0 Å². The number of carbonyl (C=O) groups excluding carboxylic acids is 1. The molecular weight excluding hydrogens is 404 g/mol. The zero-order chi connectivity index (χ0) is 19.7. The van der Waals surface area contributed by atoms with E-state index in [1.54, 1.807) is 26.1 Å². The van der Waals surface area contributed by atoms with Crippen LogP contribution in [0.25, 0.3) is 16.7 Å². The zero-order valence-corrected chi connectivity index (χ0v) is 17.6. The summed E-state index contributed by atoms with van der Waals surface area (Å²) in [6, 6.07) is 14.1. The molecule has 140 valence electrons. The minimum Gasteiger partial charge on any atom is -0.495 e. The number of hydrogen-bond acceptors (Lipinski definition) is 2. The van der Waals surface area contributed by atoms with Crippen LogP contribution in [-0.4, -0.2) is 36.6 Å². The minimum atomic E-state index is 0.000897. The second-order valence-corrected chi connectivity index (χ2v) is 7.67. The third-order valence-electron chi connectivity index (χ3n) is 4.59. The number of hydrogen-bond donors (Lipinski definition) is 0. The maximum atomic E-state index is 12.1. The van der Waals surface area contributed by atoms with Gasteiger partial charge in [0.25, 0.3) is 5.91 Å². The molecule has 3 aromatic rings. The summed E-state index contributed by atoms with van der Waals surface area (Å²) in [6.07, 6.45) is 0. The van der Waals surface area contributed by atoms with Gasteiger partial charge >= 0.3 is 0 Å². The van der Waals surface area contributed by atoms with E-state index in [1.807, 2.05) is 24.3 Å². The third-order valence-corrected chi connectivity index (χ3v) is 5.25. The standard InChI is InChI=1S/C22H23BrN2O2/c1-14-10-19(23)18-12-20(15(2)27-5)25(21(18)11-14)13-16-6-8-17(9-7-16)22(26)24(3)4/h6-12H,2,13H2,1,3-5H3. The minimum absolute atomic E-state index is 0.000897. The molecule has 27 heavy (non-hydrogen) atoms. The van der Waals surface area contributed by atoms with Crippen LogP contribution in [0.3, 0.4) is 0 Å². The van der Waals surface area contributed by atoms with Crippen molar-refractivity contribution in [2.45, 2.75) is 13.5 Å². The number of aryl methyl sites for hydroxylation is 1. The van der Waals surface area contributed by atoms with Gasteiger partial charge in [-0.2, -0.15) is 0 Å². The van der Waals surface area contributed by atoms with Crippen molar-refractivity contribution >= 4 is 38.5 Å². The first kappa shape index (κ1) is 19.2. The van der Waals surface area contributed by atoms with Gasteiger partial charge in [-0.15, -0.1) is 0 Å². The molecule has 3 rings (SSSR count). The van der Waals surface area contributed by atoms with E-state index in [1.165, 1.54) is 5.56 Å². The van der Waals surface area contributed by atoms with Crippen LogP contribution < -0.4 is 0 Å². The Bertz CT molecular complexity index is 1020. The van der Waals surface area contributed by atoms with Crippen molar-refractivity contribution in [1.29, 1.82) is 0 Å². The Labute approximate surface area is 168 Å². The Hall–Kier alpha value is -2.53. The molecule has 0 saturated carbocycles. The van der Waals surface area contributed by atoms with Gasteiger partial charge in [-0.05, 0) is 48.4 Å². The monoisotopic (exact) mass is 426 g/mol. The van der Waals surface area contributed by atoms with Crippen molar-refractivity contribution in [3.8, 4) is 0 Å². The number of benzene rings is 2. The second kappa shape index (κ2) is 7.61. The SMILES string of the molecule is C=C(OC)c1cc2c(Br)cc(C)cc2n1Cc1ccc(C(=O)N(C)C)cc1. The topological polar surface area (TPSA) is 34.5 Å². The fraction of sp³-hybridized carbons (Fsp3) is 0.227. The fourth-order valence-electron chi connectivity index (χ4n) is 3.15. The number of nitrogens with zero attached hydrogens (tertiary/aromatic N) is 2. The Balaban J connectivity index is 2.05. The summed E-state index contributed by atoms with van der Waals surface area (Å²) in [4.78, 5) is 13.7. The van der Waals surface area contributed by atoms with Crippen LogP contribution in [-0.2, 0) is 11.3 Å². The van der Waals surface area contributed by atoms with Crippen LogP contribution >= 0.6 is 15.9 Å². The Kier molecular flexibility index (Phi) is 5.42. The molecule has 0 N–H and O–H groups in total. The number of ether oxygens (including phenoxy) is 1. The number of fused-ring (bicyclic) bond motifs is 1. The molecule has 0 radical (unpaired) electrons. The highest BCUT2D eigenvalue weighted by atomic mass is 79.9. The summed E-state index contributed by atoms with van der Waals surface area (Å²) in [5.41, 5.74) is 5.01. The molecule has 0 spiro atoms. The van der Waals surface area contributed by atoms with Gasteiger partial charge in [0.1, 0.15) is 5.76 Å². The van der Waals surface area contributed by atoms with Gasteiger partial charge in [-0.3, -0.25) is 4.79 Å². The number of amides is 1. The van der Waals surface area contributed by atoms with Gasteiger partial charge < -0.3 is 14.2 Å². The first-order valence-corrected chi connectivity index (χ1v) is 9.44. The van der Waals surface area contributed by atoms with E-state index in [0.717, 1.165) is 26.6 Å². The third kappa shape index (κ3) is 3.78. The lowest BCUT2D eigenvalue weighted by atomic mass is 10.1. The van der Waals surface area contributed by atoms with Gasteiger partial charge in [0.05, 0.1) is 18.3 Å². The number of halogens is 1. The quantitative estimate of drug-likeness (QED) is 0.533. The van der Waals surface area contributed by atoms with Gasteiger partial charge in [-0.25, -0.2) is 0 Å². The summed E-state index contributed by atoms with van der Waals surface area (Å²) in [5, 5.41) is 1.12. The van der Waals surface area contributed by atoms with E-state index >= 15 is 0 Å². The first-order valence-electron chi connectivity index (χ1n) is 8.65. The molecular formula is C22H23BrN2O2. The van der Waals surface area contributed by atoms with Crippen LogP contribution in [0, 0.1) is 6.92 Å². The molecule has 4 nitrogen and oxygen atoms in total. The van der Waals surface area contributed by atoms with E-state index < -0.39 is 0 Å². The molecule has 0 aliphatic carbocycles. The number of methoxy groups -OCH3 is 1. The first-order chi connectivity index (χ1) is 12.8. The van der Waals surface area contributed by atoms with Crippen molar-refractivity contribution < 1.29 is 9.53 Å². The predicted octanol–water partition coefficient (Wildman–Crippen LogP) is 5.08. The zero-order valence-electron chi connectivity index (χ0n) is 16.0. The molecule has 0 aliphatic heterocycles. The molecule has 0 bridgehead atoms. The summed E-state index contributed by atoms with van der Waals surface area (Å²) >= 11 is 3.66. The molecule has 1 aromatic heterocycles. The molecule has 0 atom stereocenters. The lowest BCUT2D eigenvalue weighted by Crippen LogP contribution is -2.21. The van der Waals surface area contributed by atoms with Gasteiger partial charge in [0.15, 0.2) is 0 Å². The number of carbonyl (C=O) groups is 1. The Morgan fingerprint density at radius 3 is 2.44 bits per heavy atom. The van der Waals surface area contributed by atoms with E-state index in [9.17, 15) is 4.79 Å². The van der Waals surface area contributed by atoms with Gasteiger partial charge in [0, 0.05) is 36.1 Å². The Morgan fingerprint density at radius 2 is 1.85 bits per heavy atom. The van der Waals surface area contributed by atoms with E-state index in [0.29, 0.717) is 17.9 Å². The normalized spacial score (nSPS) is 10.9. The van der Waals surface area contributed by atoms with Crippen molar-refractivity contribution in [1.82, 2.24) is 9.47 Å². The lowest BCUT2D eigenvalue weighted by molar-refractivity contribution is 0.0827. The van der Waals surface area contributed by atoms with E-state index in [-0.39, 0.29) is 5.91 Å². The molecule has 1 amide bonds. The molecule has 0 fully saturated rings. The summed E-state index contributed by atoms with van der Waals surface area (Å²) in [7, 11) is 5.14. The van der Waals surface area contributed by atoms with Crippen LogP contribution in [0.15, 0.2) is 53.5 Å². The average Bonchev–Trinajstić information content (AvgIpc) is 2.99. The summed E-state index contributed by atoms with van der Waals surface area (Å²) < 4.78 is 8.66. The van der Waals surface area contributed by atoms with Crippen molar-refractivity contribution in [3.05, 3.63) is 75.9 Å². The highest BCUT2D eigenvalue weighted by molar-refractivity contribution is 9.10. The maximum absolute atomic E-state index is 12.1. The van der Waals surface area contributed by atoms with Gasteiger partial charge in [-0.1, -0.05) is 34.6 Å². The largest absolute Gasteiger partial charge is 0.495 e. The molecule has 0 aliphatic rings. The molecule has 1 heterocycles. The molecule has 2 aromatic carbocycles. The van der Waals surface area contributed by atoms with Crippen molar-refractivity contribution in [2.24, 2.45) is 0 Å². The van der Waals surface area contributed by atoms with Crippen LogP contribution in [0.4, 0.5) is 0 Å². The Morgan fingerprint density at radius 1 is 1.19 bits per heavy atom. The molecule has 0 unspecified atom stereocenters. The molecule has 5 heteroatoms. The predicted molar refractivity (Wildman–Crippen MR) is 114 cm³/mol. The van der Waals surface area contributed by atoms with Crippen LogP contribution in [0.1, 0.15) is 27.2 Å². The second-order valence-electron chi connectivity index (χ2n) is 6.82. The molecule has 0 saturated heterocycles. The van der Waals surface area contributed by atoms with Crippen molar-refractivity contribution in [3.63, 3.8) is 0 Å².